The Morgan fingerprint density at radius 1 is 1.20 bits per heavy atom. The van der Waals surface area contributed by atoms with E-state index >= 15 is 0 Å². The average molecular weight is 206 g/mol. The first kappa shape index (κ1) is 10.3. The van der Waals surface area contributed by atoms with Crippen LogP contribution in [0.5, 0.6) is 0 Å². The summed E-state index contributed by atoms with van der Waals surface area (Å²) >= 11 is 0. The van der Waals surface area contributed by atoms with Crippen LogP contribution in [0.1, 0.15) is 17.5 Å². The summed E-state index contributed by atoms with van der Waals surface area (Å²) in [6.07, 6.45) is 0.766. The lowest BCUT2D eigenvalue weighted by Gasteiger charge is -2.35. The average Bonchev–Trinajstić information content (AvgIpc) is 2.27. The summed E-state index contributed by atoms with van der Waals surface area (Å²) in [6, 6.07) is 7.75. The molecular weight excluding hydrogens is 192 g/mol. The molecule has 3 heteroatoms. The highest BCUT2D eigenvalue weighted by atomic mass is 16.7. The van der Waals surface area contributed by atoms with Crippen LogP contribution in [0, 0.1) is 0 Å². The standard InChI is InChI=1S/C12H14O3/c1-14-12(15-2)8-10(13)7-9-5-3-4-6-11(9)12/h3-6H,7-8H2,1-2H3. The largest absolute Gasteiger partial charge is 0.349 e. The number of benzene rings is 1. The molecule has 3 nitrogen and oxygen atoms in total. The van der Waals surface area contributed by atoms with Crippen molar-refractivity contribution >= 4 is 5.78 Å². The minimum atomic E-state index is -0.883. The summed E-state index contributed by atoms with van der Waals surface area (Å²) in [7, 11) is 3.14. The smallest absolute Gasteiger partial charge is 0.201 e. The molecule has 1 aromatic carbocycles. The SMILES string of the molecule is COC1(OC)CC(=O)Cc2ccccc21. The summed E-state index contributed by atoms with van der Waals surface area (Å²) in [6.45, 7) is 0. The topological polar surface area (TPSA) is 35.5 Å². The molecular formula is C12H14O3. The summed E-state index contributed by atoms with van der Waals surface area (Å²) in [5.74, 6) is -0.733. The Kier molecular flexibility index (Phi) is 2.59. The zero-order valence-electron chi connectivity index (χ0n) is 8.95. The van der Waals surface area contributed by atoms with Gasteiger partial charge in [0.15, 0.2) is 0 Å². The Hall–Kier alpha value is -1.19. The monoisotopic (exact) mass is 206 g/mol. The van der Waals surface area contributed by atoms with Crippen LogP contribution in [0.3, 0.4) is 0 Å². The van der Waals surface area contributed by atoms with E-state index in [1.807, 2.05) is 24.3 Å². The number of fused-ring (bicyclic) bond motifs is 1. The van der Waals surface area contributed by atoms with Crippen LogP contribution in [0.15, 0.2) is 24.3 Å². The summed E-state index contributed by atoms with van der Waals surface area (Å²) in [4.78, 5) is 11.6. The molecule has 0 radical (unpaired) electrons. The molecule has 0 spiro atoms. The molecule has 0 bridgehead atoms. The van der Waals surface area contributed by atoms with Crippen molar-refractivity contribution in [2.45, 2.75) is 18.6 Å². The molecule has 80 valence electrons. The van der Waals surface area contributed by atoms with Crippen LogP contribution in [0.25, 0.3) is 0 Å². The van der Waals surface area contributed by atoms with Crippen molar-refractivity contribution in [1.29, 1.82) is 0 Å². The Labute approximate surface area is 89.0 Å². The number of rotatable bonds is 2. The van der Waals surface area contributed by atoms with Gasteiger partial charge in [-0.3, -0.25) is 4.79 Å². The maximum Gasteiger partial charge on any atom is 0.201 e. The fourth-order valence-corrected chi connectivity index (χ4v) is 2.12. The molecule has 15 heavy (non-hydrogen) atoms. The Bertz CT molecular complexity index is 380. The van der Waals surface area contributed by atoms with Crippen LogP contribution in [-0.4, -0.2) is 20.0 Å². The fraction of sp³-hybridized carbons (Fsp3) is 0.417. The van der Waals surface area contributed by atoms with E-state index in [-0.39, 0.29) is 12.2 Å². The Morgan fingerprint density at radius 3 is 2.53 bits per heavy atom. The van der Waals surface area contributed by atoms with Gasteiger partial charge in [-0.15, -0.1) is 0 Å². The summed E-state index contributed by atoms with van der Waals surface area (Å²) in [5.41, 5.74) is 1.96. The molecule has 0 aliphatic heterocycles. The van der Waals surface area contributed by atoms with Crippen molar-refractivity contribution in [3.05, 3.63) is 35.4 Å². The first-order valence-corrected chi connectivity index (χ1v) is 4.92. The van der Waals surface area contributed by atoms with Crippen molar-refractivity contribution < 1.29 is 14.3 Å². The van der Waals surface area contributed by atoms with Crippen molar-refractivity contribution in [2.75, 3.05) is 14.2 Å². The van der Waals surface area contributed by atoms with Gasteiger partial charge in [-0.1, -0.05) is 24.3 Å². The zero-order valence-corrected chi connectivity index (χ0v) is 8.95. The second-order valence-electron chi connectivity index (χ2n) is 3.71. The third-order valence-corrected chi connectivity index (χ3v) is 2.90. The molecule has 1 aliphatic carbocycles. The minimum Gasteiger partial charge on any atom is -0.349 e. The molecule has 1 aromatic rings. The number of Topliss-reactive ketones (excluding diaryl/α,β-unsaturated/α-hetero) is 1. The molecule has 0 aromatic heterocycles. The van der Waals surface area contributed by atoms with Gasteiger partial charge in [-0.05, 0) is 5.56 Å². The third kappa shape index (κ3) is 1.58. The van der Waals surface area contributed by atoms with Crippen LogP contribution in [-0.2, 0) is 26.5 Å². The van der Waals surface area contributed by atoms with Crippen LogP contribution in [0.2, 0.25) is 0 Å². The second kappa shape index (κ2) is 3.76. The van der Waals surface area contributed by atoms with Crippen LogP contribution >= 0.6 is 0 Å². The molecule has 0 N–H and O–H groups in total. The lowest BCUT2D eigenvalue weighted by molar-refractivity contribution is -0.221. The maximum absolute atomic E-state index is 11.6. The molecule has 0 fully saturated rings. The van der Waals surface area contributed by atoms with Gasteiger partial charge < -0.3 is 9.47 Å². The van der Waals surface area contributed by atoms with Gasteiger partial charge in [0.25, 0.3) is 0 Å². The van der Waals surface area contributed by atoms with Gasteiger partial charge in [-0.2, -0.15) is 0 Å². The van der Waals surface area contributed by atoms with Crippen molar-refractivity contribution in [2.24, 2.45) is 0 Å². The number of carbonyl (C=O) groups excluding carboxylic acids is 1. The molecule has 0 heterocycles. The Balaban J connectivity index is 2.55. The van der Waals surface area contributed by atoms with E-state index in [0.717, 1.165) is 11.1 Å². The summed E-state index contributed by atoms with van der Waals surface area (Å²) < 4.78 is 10.8. The van der Waals surface area contributed by atoms with E-state index in [1.54, 1.807) is 14.2 Å². The van der Waals surface area contributed by atoms with E-state index in [1.165, 1.54) is 0 Å². The first-order valence-electron chi connectivity index (χ1n) is 4.92. The summed E-state index contributed by atoms with van der Waals surface area (Å²) in [5, 5.41) is 0. The molecule has 0 saturated heterocycles. The van der Waals surface area contributed by atoms with E-state index in [0.29, 0.717) is 6.42 Å². The van der Waals surface area contributed by atoms with Crippen LogP contribution < -0.4 is 0 Å². The van der Waals surface area contributed by atoms with Crippen LogP contribution in [0.4, 0.5) is 0 Å². The van der Waals surface area contributed by atoms with Gasteiger partial charge in [0, 0.05) is 26.2 Å². The highest BCUT2D eigenvalue weighted by molar-refractivity contribution is 5.84. The zero-order chi connectivity index (χ0) is 10.9. The van der Waals surface area contributed by atoms with Crippen molar-refractivity contribution in [3.8, 4) is 0 Å². The van der Waals surface area contributed by atoms with Gasteiger partial charge in [0.05, 0.1) is 6.42 Å². The van der Waals surface area contributed by atoms with E-state index in [4.69, 9.17) is 9.47 Å². The maximum atomic E-state index is 11.6. The number of ketones is 1. The molecule has 0 atom stereocenters. The minimum absolute atomic E-state index is 0.150. The quantitative estimate of drug-likeness (QED) is 0.690. The lowest BCUT2D eigenvalue weighted by atomic mass is 9.85. The van der Waals surface area contributed by atoms with E-state index in [2.05, 4.69) is 0 Å². The van der Waals surface area contributed by atoms with Crippen molar-refractivity contribution in [1.82, 2.24) is 0 Å². The predicted octanol–water partition coefficient (Wildman–Crippen LogP) is 1.65. The highest BCUT2D eigenvalue weighted by Crippen LogP contribution is 2.36. The normalized spacial score (nSPS) is 18.7. The number of hydrogen-bond acceptors (Lipinski definition) is 3. The van der Waals surface area contributed by atoms with E-state index < -0.39 is 5.79 Å². The molecule has 2 rings (SSSR count). The lowest BCUT2D eigenvalue weighted by Crippen LogP contribution is -2.38. The van der Waals surface area contributed by atoms with Gasteiger partial charge in [0.2, 0.25) is 5.79 Å². The van der Waals surface area contributed by atoms with Gasteiger partial charge in [0.1, 0.15) is 5.78 Å². The highest BCUT2D eigenvalue weighted by Gasteiger charge is 2.40. The van der Waals surface area contributed by atoms with Crippen molar-refractivity contribution in [3.63, 3.8) is 0 Å². The number of methoxy groups -OCH3 is 2. The predicted molar refractivity (Wildman–Crippen MR) is 55.5 cm³/mol. The molecule has 0 saturated carbocycles. The molecule has 1 aliphatic rings. The molecule has 0 unspecified atom stereocenters. The third-order valence-electron chi connectivity index (χ3n) is 2.90. The molecule has 0 amide bonds. The number of carbonyl (C=O) groups is 1. The second-order valence-corrected chi connectivity index (χ2v) is 3.71. The van der Waals surface area contributed by atoms with E-state index in [9.17, 15) is 4.79 Å². The van der Waals surface area contributed by atoms with Gasteiger partial charge >= 0.3 is 0 Å². The first-order chi connectivity index (χ1) is 7.22. The van der Waals surface area contributed by atoms with Gasteiger partial charge in [-0.25, -0.2) is 0 Å². The number of ether oxygens (including phenoxy) is 2. The number of hydrogen-bond donors (Lipinski definition) is 0. The fourth-order valence-electron chi connectivity index (χ4n) is 2.12. The Morgan fingerprint density at radius 2 is 1.87 bits per heavy atom.